The maximum atomic E-state index is 12.8. The first kappa shape index (κ1) is 12.9. The standard InChI is InChI=1S/C11H8ClF3N2O/c1-5-2-3-6(11(13,14)15)8-9(5)16-7(4-12)17-10(8)18/h2-3H,4H2,1H3,(H,16,17,18). The summed E-state index contributed by atoms with van der Waals surface area (Å²) in [5.74, 6) is 0.0810. The van der Waals surface area contributed by atoms with Crippen molar-refractivity contribution in [2.75, 3.05) is 0 Å². The zero-order chi connectivity index (χ0) is 13.5. The van der Waals surface area contributed by atoms with Crippen molar-refractivity contribution in [2.24, 2.45) is 0 Å². The SMILES string of the molecule is Cc1ccc(C(F)(F)F)c2c(=O)[nH]c(CCl)nc12. The highest BCUT2D eigenvalue weighted by molar-refractivity contribution is 6.16. The zero-order valence-corrected chi connectivity index (χ0v) is 9.99. The molecule has 7 heteroatoms. The molecule has 2 aromatic rings. The van der Waals surface area contributed by atoms with Crippen LogP contribution in [-0.4, -0.2) is 9.97 Å². The number of H-pyrrole nitrogens is 1. The highest BCUT2D eigenvalue weighted by atomic mass is 35.5. The van der Waals surface area contributed by atoms with Crippen molar-refractivity contribution < 1.29 is 13.2 Å². The lowest BCUT2D eigenvalue weighted by Crippen LogP contribution is -2.17. The number of halogens is 4. The predicted molar refractivity (Wildman–Crippen MR) is 61.7 cm³/mol. The maximum Gasteiger partial charge on any atom is 0.417 e. The van der Waals surface area contributed by atoms with Crippen LogP contribution < -0.4 is 5.56 Å². The Bertz CT molecular complexity index is 664. The second-order valence-electron chi connectivity index (χ2n) is 3.80. The quantitative estimate of drug-likeness (QED) is 0.814. The molecule has 2 rings (SSSR count). The average molecular weight is 277 g/mol. The number of alkyl halides is 4. The summed E-state index contributed by atoms with van der Waals surface area (Å²) in [6, 6.07) is 2.17. The lowest BCUT2D eigenvalue weighted by Gasteiger charge is -2.11. The molecule has 18 heavy (non-hydrogen) atoms. The van der Waals surface area contributed by atoms with Crippen molar-refractivity contribution in [1.82, 2.24) is 9.97 Å². The Balaban J connectivity index is 2.95. The largest absolute Gasteiger partial charge is 0.417 e. The van der Waals surface area contributed by atoms with Gasteiger partial charge in [-0.05, 0) is 18.6 Å². The number of hydrogen-bond donors (Lipinski definition) is 1. The van der Waals surface area contributed by atoms with Gasteiger partial charge in [0.05, 0.1) is 22.3 Å². The van der Waals surface area contributed by atoms with Crippen LogP contribution in [0, 0.1) is 6.92 Å². The van der Waals surface area contributed by atoms with Crippen LogP contribution in [-0.2, 0) is 12.1 Å². The molecule has 1 heterocycles. The molecule has 0 saturated carbocycles. The van der Waals surface area contributed by atoms with E-state index in [9.17, 15) is 18.0 Å². The Kier molecular flexibility index (Phi) is 3.06. The number of nitrogens with zero attached hydrogens (tertiary/aromatic N) is 1. The molecular weight excluding hydrogens is 269 g/mol. The van der Waals surface area contributed by atoms with Crippen LogP contribution in [0.15, 0.2) is 16.9 Å². The fraction of sp³-hybridized carbons (Fsp3) is 0.273. The Morgan fingerprint density at radius 2 is 2.06 bits per heavy atom. The number of aryl methyl sites for hydroxylation is 1. The van der Waals surface area contributed by atoms with Crippen molar-refractivity contribution in [3.05, 3.63) is 39.4 Å². The molecule has 0 aliphatic heterocycles. The third-order valence-electron chi connectivity index (χ3n) is 2.54. The minimum atomic E-state index is -4.59. The van der Waals surface area contributed by atoms with E-state index in [0.29, 0.717) is 5.56 Å². The van der Waals surface area contributed by atoms with Gasteiger partial charge in [-0.1, -0.05) is 6.07 Å². The van der Waals surface area contributed by atoms with E-state index in [2.05, 4.69) is 9.97 Å². The van der Waals surface area contributed by atoms with E-state index in [1.54, 1.807) is 6.92 Å². The van der Waals surface area contributed by atoms with Crippen molar-refractivity contribution in [3.63, 3.8) is 0 Å². The molecule has 0 aliphatic carbocycles. The van der Waals surface area contributed by atoms with Crippen LogP contribution in [0.1, 0.15) is 17.0 Å². The molecule has 0 bridgehead atoms. The predicted octanol–water partition coefficient (Wildman–Crippen LogP) is 2.99. The molecule has 1 N–H and O–H groups in total. The van der Waals surface area contributed by atoms with Gasteiger partial charge in [-0.15, -0.1) is 11.6 Å². The third-order valence-corrected chi connectivity index (χ3v) is 2.80. The second-order valence-corrected chi connectivity index (χ2v) is 4.06. The van der Waals surface area contributed by atoms with E-state index in [1.807, 2.05) is 0 Å². The van der Waals surface area contributed by atoms with Gasteiger partial charge in [0, 0.05) is 0 Å². The molecule has 0 atom stereocenters. The van der Waals surface area contributed by atoms with Crippen LogP contribution >= 0.6 is 11.6 Å². The molecular formula is C11H8ClF3N2O. The summed E-state index contributed by atoms with van der Waals surface area (Å²) in [6.07, 6.45) is -4.59. The van der Waals surface area contributed by atoms with Gasteiger partial charge in [-0.25, -0.2) is 4.98 Å². The summed E-state index contributed by atoms with van der Waals surface area (Å²) in [5, 5.41) is -0.448. The minimum Gasteiger partial charge on any atom is -0.309 e. The first-order chi connectivity index (χ1) is 8.34. The topological polar surface area (TPSA) is 45.8 Å². The Morgan fingerprint density at radius 1 is 1.39 bits per heavy atom. The van der Waals surface area contributed by atoms with Crippen molar-refractivity contribution in [1.29, 1.82) is 0 Å². The van der Waals surface area contributed by atoms with Crippen LogP contribution in [0.2, 0.25) is 0 Å². The number of aromatic nitrogens is 2. The zero-order valence-electron chi connectivity index (χ0n) is 9.23. The third kappa shape index (κ3) is 2.08. The van der Waals surface area contributed by atoms with Gasteiger partial charge in [0.1, 0.15) is 5.82 Å². The molecule has 1 aromatic heterocycles. The summed E-state index contributed by atoms with van der Waals surface area (Å²) in [5.41, 5.74) is -1.29. The highest BCUT2D eigenvalue weighted by Gasteiger charge is 2.34. The number of aromatic amines is 1. The fourth-order valence-corrected chi connectivity index (χ4v) is 1.85. The van der Waals surface area contributed by atoms with Gasteiger partial charge in [-0.2, -0.15) is 13.2 Å². The summed E-state index contributed by atoms with van der Waals surface area (Å²) >= 11 is 5.53. The lowest BCUT2D eigenvalue weighted by atomic mass is 10.1. The molecule has 3 nitrogen and oxygen atoms in total. The number of benzene rings is 1. The van der Waals surface area contributed by atoms with Crippen LogP contribution in [0.25, 0.3) is 10.9 Å². The summed E-state index contributed by atoms with van der Waals surface area (Å²) < 4.78 is 38.4. The number of rotatable bonds is 1. The first-order valence-electron chi connectivity index (χ1n) is 5.00. The van der Waals surface area contributed by atoms with Gasteiger partial charge < -0.3 is 4.98 Å². The van der Waals surface area contributed by atoms with Crippen molar-refractivity contribution >= 4 is 22.5 Å². The molecule has 0 unspecified atom stereocenters. The normalized spacial score (nSPS) is 12.1. The van der Waals surface area contributed by atoms with E-state index in [1.165, 1.54) is 6.07 Å². The summed E-state index contributed by atoms with van der Waals surface area (Å²) in [6.45, 7) is 1.59. The van der Waals surface area contributed by atoms with Gasteiger partial charge in [0.25, 0.3) is 5.56 Å². The van der Waals surface area contributed by atoms with Gasteiger partial charge >= 0.3 is 6.18 Å². The van der Waals surface area contributed by atoms with Crippen LogP contribution in [0.5, 0.6) is 0 Å². The minimum absolute atomic E-state index is 0.0317. The smallest absolute Gasteiger partial charge is 0.309 e. The number of hydrogen-bond acceptors (Lipinski definition) is 2. The average Bonchev–Trinajstić information content (AvgIpc) is 2.28. The molecule has 0 spiro atoms. The Hall–Kier alpha value is -1.56. The monoisotopic (exact) mass is 276 g/mol. The maximum absolute atomic E-state index is 12.8. The first-order valence-corrected chi connectivity index (χ1v) is 5.53. The molecule has 0 saturated heterocycles. The van der Waals surface area contributed by atoms with Gasteiger partial charge in [0.2, 0.25) is 0 Å². The van der Waals surface area contributed by atoms with Gasteiger partial charge in [0.15, 0.2) is 0 Å². The Morgan fingerprint density at radius 3 is 2.61 bits per heavy atom. The van der Waals surface area contributed by atoms with E-state index in [0.717, 1.165) is 6.07 Å². The van der Waals surface area contributed by atoms with Gasteiger partial charge in [-0.3, -0.25) is 4.79 Å². The molecule has 1 aromatic carbocycles. The van der Waals surface area contributed by atoms with Crippen molar-refractivity contribution in [3.8, 4) is 0 Å². The summed E-state index contributed by atoms with van der Waals surface area (Å²) in [4.78, 5) is 17.9. The second kappa shape index (κ2) is 4.28. The highest BCUT2D eigenvalue weighted by Crippen LogP contribution is 2.33. The van der Waals surface area contributed by atoms with E-state index in [4.69, 9.17) is 11.6 Å². The lowest BCUT2D eigenvalue weighted by molar-refractivity contribution is -0.136. The fourth-order valence-electron chi connectivity index (χ4n) is 1.73. The van der Waals surface area contributed by atoms with E-state index >= 15 is 0 Å². The number of nitrogens with one attached hydrogen (secondary N) is 1. The number of fused-ring (bicyclic) bond motifs is 1. The van der Waals surface area contributed by atoms with Crippen LogP contribution in [0.3, 0.4) is 0 Å². The van der Waals surface area contributed by atoms with Crippen LogP contribution in [0.4, 0.5) is 13.2 Å². The molecule has 0 fully saturated rings. The van der Waals surface area contributed by atoms with E-state index in [-0.39, 0.29) is 17.2 Å². The van der Waals surface area contributed by atoms with E-state index < -0.39 is 22.7 Å². The molecule has 0 aliphatic rings. The molecule has 96 valence electrons. The summed E-state index contributed by atoms with van der Waals surface area (Å²) in [7, 11) is 0. The van der Waals surface area contributed by atoms with Crippen molar-refractivity contribution in [2.45, 2.75) is 19.0 Å². The Labute approximate surface area is 105 Å². The molecule has 0 radical (unpaired) electrons. The molecule has 0 amide bonds.